The van der Waals surface area contributed by atoms with Gasteiger partial charge in [0.05, 0.1) is 6.73 Å². The number of hydrogen-bond acceptors (Lipinski definition) is 4. The second-order valence-electron chi connectivity index (χ2n) is 5.11. The molecule has 1 saturated heterocycles. The van der Waals surface area contributed by atoms with Crippen LogP contribution in [0.2, 0.25) is 0 Å². The smallest absolute Gasteiger partial charge is 0.479 e. The van der Waals surface area contributed by atoms with E-state index in [0.717, 1.165) is 12.3 Å². The van der Waals surface area contributed by atoms with E-state index in [1.807, 2.05) is 18.2 Å². The van der Waals surface area contributed by atoms with Gasteiger partial charge in [0.15, 0.2) is 0 Å². The van der Waals surface area contributed by atoms with Crippen molar-refractivity contribution in [1.29, 1.82) is 0 Å². The van der Waals surface area contributed by atoms with Crippen LogP contribution in [0.1, 0.15) is 19.4 Å². The molecule has 90 valence electrons. The Balaban J connectivity index is 1.90. The van der Waals surface area contributed by atoms with E-state index in [2.05, 4.69) is 30.5 Å². The SMILES string of the molecule is CC1(C)NB(C2CNCO2)Oc2ccccc21. The summed E-state index contributed by atoms with van der Waals surface area (Å²) in [6.07, 6.45) is 0. The van der Waals surface area contributed by atoms with Crippen molar-refractivity contribution in [3.05, 3.63) is 29.8 Å². The lowest BCUT2D eigenvalue weighted by Gasteiger charge is -2.38. The third-order valence-electron chi connectivity index (χ3n) is 3.40. The molecular weight excluding hydrogens is 215 g/mol. The van der Waals surface area contributed by atoms with E-state index < -0.39 is 0 Å². The molecule has 3 rings (SSSR count). The van der Waals surface area contributed by atoms with Crippen molar-refractivity contribution >= 4 is 7.05 Å². The highest BCUT2D eigenvalue weighted by Crippen LogP contribution is 2.34. The average Bonchev–Trinajstić information content (AvgIpc) is 2.81. The summed E-state index contributed by atoms with van der Waals surface area (Å²) >= 11 is 0. The van der Waals surface area contributed by atoms with Gasteiger partial charge >= 0.3 is 7.05 Å². The fourth-order valence-electron chi connectivity index (χ4n) is 2.47. The number of benzene rings is 1. The van der Waals surface area contributed by atoms with E-state index in [1.165, 1.54) is 5.56 Å². The first-order chi connectivity index (χ1) is 8.17. The zero-order chi connectivity index (χ0) is 11.9. The average molecular weight is 232 g/mol. The van der Waals surface area contributed by atoms with Gasteiger partial charge in [-0.25, -0.2) is 0 Å². The zero-order valence-corrected chi connectivity index (χ0v) is 10.2. The van der Waals surface area contributed by atoms with E-state index in [9.17, 15) is 0 Å². The van der Waals surface area contributed by atoms with Crippen LogP contribution in [0.25, 0.3) is 0 Å². The molecule has 1 aromatic carbocycles. The summed E-state index contributed by atoms with van der Waals surface area (Å²) < 4.78 is 11.6. The molecular formula is C12H17BN2O2. The third kappa shape index (κ3) is 1.94. The maximum absolute atomic E-state index is 5.98. The number of rotatable bonds is 1. The Kier molecular flexibility index (Phi) is 2.62. The minimum absolute atomic E-state index is 0.0719. The maximum Gasteiger partial charge on any atom is 0.479 e. The Morgan fingerprint density at radius 1 is 1.35 bits per heavy atom. The molecule has 2 heterocycles. The van der Waals surface area contributed by atoms with Gasteiger partial charge in [-0.05, 0) is 19.9 Å². The number of nitrogens with one attached hydrogen (secondary N) is 2. The van der Waals surface area contributed by atoms with Crippen LogP contribution in [0.3, 0.4) is 0 Å². The number of para-hydroxylation sites is 1. The molecule has 4 nitrogen and oxygen atoms in total. The molecule has 2 aliphatic rings. The Morgan fingerprint density at radius 2 is 2.18 bits per heavy atom. The van der Waals surface area contributed by atoms with Gasteiger partial charge in [-0.2, -0.15) is 0 Å². The molecule has 0 bridgehead atoms. The molecule has 0 aliphatic carbocycles. The van der Waals surface area contributed by atoms with Crippen molar-refractivity contribution in [2.24, 2.45) is 0 Å². The third-order valence-corrected chi connectivity index (χ3v) is 3.40. The molecule has 2 N–H and O–H groups in total. The summed E-state index contributed by atoms with van der Waals surface area (Å²) in [5.74, 6) is 0.955. The minimum atomic E-state index is -0.0918. The maximum atomic E-state index is 5.98. The number of fused-ring (bicyclic) bond motifs is 1. The van der Waals surface area contributed by atoms with Gasteiger partial charge in [-0.3, -0.25) is 5.32 Å². The Hall–Kier alpha value is -1.04. The van der Waals surface area contributed by atoms with Crippen molar-refractivity contribution in [3.63, 3.8) is 0 Å². The lowest BCUT2D eigenvalue weighted by molar-refractivity contribution is 0.146. The van der Waals surface area contributed by atoms with Crippen molar-refractivity contribution in [2.75, 3.05) is 13.3 Å². The Morgan fingerprint density at radius 3 is 2.94 bits per heavy atom. The molecule has 1 unspecified atom stereocenters. The molecule has 0 radical (unpaired) electrons. The number of ether oxygens (including phenoxy) is 1. The Bertz CT molecular complexity index is 419. The highest BCUT2D eigenvalue weighted by molar-refractivity contribution is 6.52. The standard InChI is InChI=1S/C12H17BN2O2/c1-12(2)9-5-3-4-6-10(9)17-13(15-12)11-7-14-8-16-11/h3-6,11,14-15H,7-8H2,1-2H3. The van der Waals surface area contributed by atoms with E-state index in [1.54, 1.807) is 0 Å². The first-order valence-electron chi connectivity index (χ1n) is 6.03. The van der Waals surface area contributed by atoms with Crippen LogP contribution in [0.15, 0.2) is 24.3 Å². The molecule has 1 fully saturated rings. The fraction of sp³-hybridized carbons (Fsp3) is 0.500. The molecule has 1 aromatic rings. The van der Waals surface area contributed by atoms with Crippen molar-refractivity contribution in [3.8, 4) is 5.75 Å². The zero-order valence-electron chi connectivity index (χ0n) is 10.2. The highest BCUT2D eigenvalue weighted by atomic mass is 16.5. The highest BCUT2D eigenvalue weighted by Gasteiger charge is 2.43. The molecule has 0 amide bonds. The van der Waals surface area contributed by atoms with Crippen molar-refractivity contribution < 1.29 is 9.39 Å². The molecule has 0 saturated carbocycles. The topological polar surface area (TPSA) is 42.5 Å². The van der Waals surface area contributed by atoms with Gasteiger partial charge in [0.25, 0.3) is 0 Å². The van der Waals surface area contributed by atoms with E-state index >= 15 is 0 Å². The van der Waals surface area contributed by atoms with Gasteiger partial charge in [0.1, 0.15) is 11.8 Å². The lowest BCUT2D eigenvalue weighted by Crippen LogP contribution is -2.60. The molecule has 2 aliphatic heterocycles. The summed E-state index contributed by atoms with van der Waals surface area (Å²) in [7, 11) is -0.0881. The van der Waals surface area contributed by atoms with E-state index in [0.29, 0.717) is 6.73 Å². The van der Waals surface area contributed by atoms with Crippen LogP contribution in [0.4, 0.5) is 0 Å². The first-order valence-corrected chi connectivity index (χ1v) is 6.03. The van der Waals surface area contributed by atoms with Crippen LogP contribution in [0.5, 0.6) is 5.75 Å². The summed E-state index contributed by atoms with van der Waals surface area (Å²) in [6.45, 7) is 5.78. The molecule has 5 heteroatoms. The van der Waals surface area contributed by atoms with E-state index in [-0.39, 0.29) is 18.6 Å². The van der Waals surface area contributed by atoms with Crippen molar-refractivity contribution in [2.45, 2.75) is 25.4 Å². The second kappa shape index (κ2) is 4.01. The minimum Gasteiger partial charge on any atom is -0.544 e. The van der Waals surface area contributed by atoms with Gasteiger partial charge < -0.3 is 14.6 Å². The molecule has 0 spiro atoms. The fourth-order valence-corrected chi connectivity index (χ4v) is 2.47. The summed E-state index contributed by atoms with van der Waals surface area (Å²) in [5.41, 5.74) is 1.10. The predicted molar refractivity (Wildman–Crippen MR) is 66.7 cm³/mol. The van der Waals surface area contributed by atoms with Crippen LogP contribution < -0.4 is 15.2 Å². The Labute approximate surface area is 102 Å². The van der Waals surface area contributed by atoms with Crippen molar-refractivity contribution in [1.82, 2.24) is 10.5 Å². The quantitative estimate of drug-likeness (QED) is 0.705. The summed E-state index contributed by atoms with van der Waals surface area (Å²) in [6, 6.07) is 8.24. The summed E-state index contributed by atoms with van der Waals surface area (Å²) in [4.78, 5) is 0. The van der Waals surface area contributed by atoms with Crippen LogP contribution >= 0.6 is 0 Å². The monoisotopic (exact) mass is 232 g/mol. The molecule has 0 aromatic heterocycles. The number of hydrogen-bond donors (Lipinski definition) is 2. The van der Waals surface area contributed by atoms with E-state index in [4.69, 9.17) is 9.39 Å². The van der Waals surface area contributed by atoms with Gasteiger partial charge in [-0.15, -0.1) is 0 Å². The summed E-state index contributed by atoms with van der Waals surface area (Å²) in [5, 5.41) is 6.68. The molecule has 1 atom stereocenters. The normalized spacial score (nSPS) is 26.5. The largest absolute Gasteiger partial charge is 0.544 e. The van der Waals surface area contributed by atoms with Crippen LogP contribution in [0, 0.1) is 0 Å². The van der Waals surface area contributed by atoms with Crippen LogP contribution in [-0.4, -0.2) is 26.3 Å². The van der Waals surface area contributed by atoms with Gasteiger partial charge in [0.2, 0.25) is 0 Å². The van der Waals surface area contributed by atoms with Gasteiger partial charge in [-0.1, -0.05) is 18.2 Å². The van der Waals surface area contributed by atoms with Crippen LogP contribution in [-0.2, 0) is 10.3 Å². The lowest BCUT2D eigenvalue weighted by atomic mass is 9.69. The van der Waals surface area contributed by atoms with Gasteiger partial charge in [0, 0.05) is 17.6 Å². The molecule has 17 heavy (non-hydrogen) atoms. The second-order valence-corrected chi connectivity index (χ2v) is 5.11. The predicted octanol–water partition coefficient (Wildman–Crippen LogP) is 0.877. The first kappa shape index (κ1) is 11.1.